The smallest absolute Gasteiger partial charge is 0.258 e. The third-order valence-corrected chi connectivity index (χ3v) is 5.82. The van der Waals surface area contributed by atoms with Crippen molar-refractivity contribution in [3.05, 3.63) is 74.3 Å². The Morgan fingerprint density at radius 2 is 1.87 bits per heavy atom. The van der Waals surface area contributed by atoms with Crippen molar-refractivity contribution in [1.82, 2.24) is 14.9 Å². The van der Waals surface area contributed by atoms with Crippen molar-refractivity contribution >= 4 is 40.0 Å². The lowest BCUT2D eigenvalue weighted by atomic mass is 10.1. The number of nitrogens with zero attached hydrogens (tertiary/aromatic N) is 2. The van der Waals surface area contributed by atoms with E-state index < -0.39 is 6.04 Å². The molecule has 8 heteroatoms. The Labute approximate surface area is 191 Å². The molecule has 3 N–H and O–H groups in total. The van der Waals surface area contributed by atoms with Crippen molar-refractivity contribution in [3.63, 3.8) is 0 Å². The Bertz CT molecular complexity index is 1120. The van der Waals surface area contributed by atoms with E-state index in [0.29, 0.717) is 40.4 Å². The highest BCUT2D eigenvalue weighted by molar-refractivity contribution is 6.36. The molecule has 0 aliphatic heterocycles. The molecule has 164 valence electrons. The fraction of sp³-hybridized carbons (Fsp3) is 0.348. The molecule has 1 unspecified atom stereocenters. The molecule has 0 saturated heterocycles. The van der Waals surface area contributed by atoms with Crippen LogP contribution in [-0.4, -0.2) is 33.9 Å². The second-order valence-corrected chi connectivity index (χ2v) is 8.31. The first-order chi connectivity index (χ1) is 14.9. The lowest BCUT2D eigenvalue weighted by molar-refractivity contribution is 0.0679. The van der Waals surface area contributed by atoms with Crippen LogP contribution in [0, 0.1) is 0 Å². The van der Waals surface area contributed by atoms with Crippen LogP contribution < -0.4 is 11.3 Å². The van der Waals surface area contributed by atoms with Crippen LogP contribution in [0.2, 0.25) is 10.0 Å². The molecule has 2 aromatic carbocycles. The van der Waals surface area contributed by atoms with Gasteiger partial charge in [-0.15, -0.1) is 0 Å². The van der Waals surface area contributed by atoms with Gasteiger partial charge in [0.2, 0.25) is 0 Å². The number of benzene rings is 2. The van der Waals surface area contributed by atoms with Crippen LogP contribution in [0.15, 0.2) is 47.3 Å². The minimum absolute atomic E-state index is 0.229. The topological polar surface area (TPSA) is 92.1 Å². The molecule has 0 radical (unpaired) electrons. The van der Waals surface area contributed by atoms with Gasteiger partial charge in [-0.2, -0.15) is 0 Å². The van der Waals surface area contributed by atoms with Gasteiger partial charge in [0.1, 0.15) is 5.82 Å². The zero-order valence-electron chi connectivity index (χ0n) is 17.4. The molecule has 3 aromatic rings. The van der Waals surface area contributed by atoms with Gasteiger partial charge in [0.05, 0.1) is 27.5 Å². The number of aromatic amines is 1. The Balaban J connectivity index is 1.92. The van der Waals surface area contributed by atoms with Gasteiger partial charge in [-0.25, -0.2) is 4.98 Å². The lowest BCUT2D eigenvalue weighted by Gasteiger charge is -2.29. The number of para-hydroxylation sites is 1. The number of carbonyl (C=O) groups excluding carboxylic acids is 1. The zero-order chi connectivity index (χ0) is 22.4. The summed E-state index contributed by atoms with van der Waals surface area (Å²) in [6.45, 7) is 3.01. The third-order valence-electron chi connectivity index (χ3n) is 5.27. The van der Waals surface area contributed by atoms with Gasteiger partial charge < -0.3 is 15.6 Å². The van der Waals surface area contributed by atoms with Crippen molar-refractivity contribution in [2.24, 2.45) is 5.73 Å². The van der Waals surface area contributed by atoms with E-state index in [1.54, 1.807) is 41.3 Å². The first-order valence-electron chi connectivity index (χ1n) is 10.4. The van der Waals surface area contributed by atoms with Crippen molar-refractivity contribution in [3.8, 4) is 0 Å². The SMILES string of the molecule is CC(c1nc2ccccc2c(=O)[nH]1)N(CCCCCCN)C(=O)c1ccc(Cl)cc1Cl. The predicted octanol–water partition coefficient (Wildman–Crippen LogP) is 4.95. The molecule has 1 aromatic heterocycles. The van der Waals surface area contributed by atoms with Crippen LogP contribution in [0.3, 0.4) is 0 Å². The van der Waals surface area contributed by atoms with E-state index in [0.717, 1.165) is 25.7 Å². The van der Waals surface area contributed by atoms with Gasteiger partial charge in [0, 0.05) is 11.6 Å². The molecule has 0 saturated carbocycles. The standard InChI is InChI=1S/C23H26Cl2N4O2/c1-15(21-27-20-9-5-4-8-18(20)22(30)28-21)29(13-7-3-2-6-12-26)23(31)17-11-10-16(24)14-19(17)25/h4-5,8-11,14-15H,2-3,6-7,12-13,26H2,1H3,(H,27,28,30). The number of nitrogens with two attached hydrogens (primary N) is 1. The molecule has 0 fully saturated rings. The molecule has 1 heterocycles. The first-order valence-corrected chi connectivity index (χ1v) is 11.1. The van der Waals surface area contributed by atoms with E-state index in [1.807, 2.05) is 13.0 Å². The Morgan fingerprint density at radius 3 is 2.61 bits per heavy atom. The average molecular weight is 461 g/mol. The summed E-state index contributed by atoms with van der Waals surface area (Å²) >= 11 is 12.3. The molecule has 6 nitrogen and oxygen atoms in total. The van der Waals surface area contributed by atoms with Crippen molar-refractivity contribution < 1.29 is 4.79 Å². The molecule has 3 rings (SSSR count). The van der Waals surface area contributed by atoms with E-state index in [2.05, 4.69) is 9.97 Å². The second-order valence-electron chi connectivity index (χ2n) is 7.47. The van der Waals surface area contributed by atoms with E-state index in [9.17, 15) is 9.59 Å². The van der Waals surface area contributed by atoms with Gasteiger partial charge in [0.15, 0.2) is 0 Å². The number of nitrogens with one attached hydrogen (secondary N) is 1. The Kier molecular flexibility index (Phi) is 8.07. The molecule has 0 spiro atoms. The van der Waals surface area contributed by atoms with Crippen LogP contribution >= 0.6 is 23.2 Å². The molecule has 1 amide bonds. The number of H-pyrrole nitrogens is 1. The summed E-state index contributed by atoms with van der Waals surface area (Å²) in [6.07, 6.45) is 3.70. The quantitative estimate of drug-likeness (QED) is 0.441. The van der Waals surface area contributed by atoms with Gasteiger partial charge in [-0.05, 0) is 56.6 Å². The summed E-state index contributed by atoms with van der Waals surface area (Å²) in [6, 6.07) is 11.5. The Hall–Kier alpha value is -2.41. The normalized spacial score (nSPS) is 12.1. The van der Waals surface area contributed by atoms with Crippen molar-refractivity contribution in [2.75, 3.05) is 13.1 Å². The Morgan fingerprint density at radius 1 is 1.13 bits per heavy atom. The molecule has 0 aliphatic carbocycles. The lowest BCUT2D eigenvalue weighted by Crippen LogP contribution is -2.36. The monoisotopic (exact) mass is 460 g/mol. The number of halogens is 2. The summed E-state index contributed by atoms with van der Waals surface area (Å²) < 4.78 is 0. The summed E-state index contributed by atoms with van der Waals surface area (Å²) in [5, 5.41) is 1.26. The number of hydrogen-bond donors (Lipinski definition) is 2. The van der Waals surface area contributed by atoms with Crippen molar-refractivity contribution in [1.29, 1.82) is 0 Å². The maximum atomic E-state index is 13.4. The van der Waals surface area contributed by atoms with Gasteiger partial charge in [-0.1, -0.05) is 48.2 Å². The number of carbonyl (C=O) groups is 1. The maximum absolute atomic E-state index is 13.4. The molecule has 0 aliphatic rings. The number of hydrogen-bond acceptors (Lipinski definition) is 4. The van der Waals surface area contributed by atoms with Crippen molar-refractivity contribution in [2.45, 2.75) is 38.6 Å². The summed E-state index contributed by atoms with van der Waals surface area (Å²) in [7, 11) is 0. The minimum atomic E-state index is -0.453. The number of rotatable bonds is 9. The molecule has 1 atom stereocenters. The highest BCUT2D eigenvalue weighted by atomic mass is 35.5. The number of amides is 1. The van der Waals surface area contributed by atoms with Gasteiger partial charge in [-0.3, -0.25) is 9.59 Å². The number of aromatic nitrogens is 2. The summed E-state index contributed by atoms with van der Waals surface area (Å²) in [5.74, 6) is 0.202. The predicted molar refractivity (Wildman–Crippen MR) is 126 cm³/mol. The largest absolute Gasteiger partial charge is 0.330 e. The van der Waals surface area contributed by atoms with E-state index in [1.165, 1.54) is 0 Å². The molecular weight excluding hydrogens is 435 g/mol. The van der Waals surface area contributed by atoms with Crippen LogP contribution in [0.4, 0.5) is 0 Å². The number of unbranched alkanes of at least 4 members (excludes halogenated alkanes) is 3. The maximum Gasteiger partial charge on any atom is 0.258 e. The van der Waals surface area contributed by atoms with E-state index in [-0.39, 0.29) is 16.5 Å². The van der Waals surface area contributed by atoms with E-state index in [4.69, 9.17) is 28.9 Å². The molecular formula is C23H26Cl2N4O2. The van der Waals surface area contributed by atoms with Crippen LogP contribution in [-0.2, 0) is 0 Å². The molecule has 31 heavy (non-hydrogen) atoms. The highest BCUT2D eigenvalue weighted by Crippen LogP contribution is 2.26. The third kappa shape index (κ3) is 5.64. The number of fused-ring (bicyclic) bond motifs is 1. The van der Waals surface area contributed by atoms with E-state index >= 15 is 0 Å². The summed E-state index contributed by atoms with van der Waals surface area (Å²) in [5.41, 5.74) is 6.30. The first kappa shape index (κ1) is 23.3. The zero-order valence-corrected chi connectivity index (χ0v) is 18.9. The van der Waals surface area contributed by atoms with Gasteiger partial charge >= 0.3 is 0 Å². The minimum Gasteiger partial charge on any atom is -0.330 e. The average Bonchev–Trinajstić information content (AvgIpc) is 2.75. The summed E-state index contributed by atoms with van der Waals surface area (Å²) in [4.78, 5) is 35.1. The highest BCUT2D eigenvalue weighted by Gasteiger charge is 2.26. The fourth-order valence-electron chi connectivity index (χ4n) is 3.52. The van der Waals surface area contributed by atoms with Crippen LogP contribution in [0.1, 0.15) is 54.8 Å². The van der Waals surface area contributed by atoms with Gasteiger partial charge in [0.25, 0.3) is 11.5 Å². The van der Waals surface area contributed by atoms with Crippen LogP contribution in [0.5, 0.6) is 0 Å². The second kappa shape index (κ2) is 10.8. The fourth-order valence-corrected chi connectivity index (χ4v) is 4.01. The van der Waals surface area contributed by atoms with Crippen LogP contribution in [0.25, 0.3) is 10.9 Å². The molecule has 0 bridgehead atoms.